The summed E-state index contributed by atoms with van der Waals surface area (Å²) in [6.07, 6.45) is 3.23. The minimum Gasteiger partial charge on any atom is -0.468 e. The number of furan rings is 1. The summed E-state index contributed by atoms with van der Waals surface area (Å²) in [4.78, 5) is 13.1. The van der Waals surface area contributed by atoms with E-state index in [9.17, 15) is 4.79 Å². The molecule has 1 aliphatic heterocycles. The lowest BCUT2D eigenvalue weighted by molar-refractivity contribution is -0.116. The molecule has 0 saturated heterocycles. The molecular weight excluding hydrogens is 180 g/mol. The molecule has 14 heavy (non-hydrogen) atoms. The van der Waals surface area contributed by atoms with Gasteiger partial charge in [0.2, 0.25) is 5.91 Å². The Morgan fingerprint density at radius 3 is 2.93 bits per heavy atom. The molecule has 76 valence electrons. The molecule has 1 aromatic rings. The maximum absolute atomic E-state index is 11.4. The van der Waals surface area contributed by atoms with Crippen LogP contribution in [0.15, 0.2) is 16.9 Å². The van der Waals surface area contributed by atoms with Gasteiger partial charge in [-0.2, -0.15) is 0 Å². The van der Waals surface area contributed by atoms with Crippen LogP contribution in [-0.4, -0.2) is 18.0 Å². The van der Waals surface area contributed by atoms with Crippen LogP contribution in [-0.2, 0) is 4.79 Å². The Balaban J connectivity index is 2.42. The molecular formula is C10H14N2O2. The third-order valence-corrected chi connectivity index (χ3v) is 2.34. The minimum absolute atomic E-state index is 0.0437. The first-order valence-corrected chi connectivity index (χ1v) is 4.62. The first-order chi connectivity index (χ1) is 6.49. The van der Waals surface area contributed by atoms with Gasteiger partial charge >= 0.3 is 0 Å². The normalized spacial score (nSPS) is 18.6. The lowest BCUT2D eigenvalue weighted by atomic mass is 10.0. The second-order valence-electron chi connectivity index (χ2n) is 4.28. The number of fused-ring (bicyclic) bond motifs is 1. The van der Waals surface area contributed by atoms with Crippen molar-refractivity contribution in [1.82, 2.24) is 0 Å². The van der Waals surface area contributed by atoms with Gasteiger partial charge < -0.3 is 14.6 Å². The van der Waals surface area contributed by atoms with Gasteiger partial charge in [-0.25, -0.2) is 0 Å². The van der Waals surface area contributed by atoms with Crippen LogP contribution in [0.4, 0.5) is 11.4 Å². The molecule has 0 radical (unpaired) electrons. The van der Waals surface area contributed by atoms with Gasteiger partial charge in [-0.1, -0.05) is 0 Å². The molecule has 0 spiro atoms. The standard InChI is InChI=1S/C10H14N2O2/c1-7(13)12-6-10(2,3)11-8-4-14-5-9(8)12/h4-5,11H,6H2,1-3H3. The highest BCUT2D eigenvalue weighted by atomic mass is 16.3. The van der Waals surface area contributed by atoms with E-state index in [-0.39, 0.29) is 11.4 Å². The maximum Gasteiger partial charge on any atom is 0.224 e. The Bertz CT molecular complexity index is 368. The van der Waals surface area contributed by atoms with Crippen molar-refractivity contribution in [3.8, 4) is 0 Å². The van der Waals surface area contributed by atoms with Gasteiger partial charge in [0.05, 0.1) is 5.69 Å². The van der Waals surface area contributed by atoms with Crippen molar-refractivity contribution >= 4 is 17.3 Å². The second-order valence-corrected chi connectivity index (χ2v) is 4.28. The van der Waals surface area contributed by atoms with E-state index in [1.165, 1.54) is 0 Å². The van der Waals surface area contributed by atoms with Crippen molar-refractivity contribution < 1.29 is 9.21 Å². The van der Waals surface area contributed by atoms with Crippen molar-refractivity contribution in [2.45, 2.75) is 26.3 Å². The van der Waals surface area contributed by atoms with Gasteiger partial charge in [0, 0.05) is 19.0 Å². The summed E-state index contributed by atoms with van der Waals surface area (Å²) < 4.78 is 5.08. The van der Waals surface area contributed by atoms with Crippen molar-refractivity contribution in [2.75, 3.05) is 16.8 Å². The Kier molecular flexibility index (Phi) is 1.80. The topological polar surface area (TPSA) is 45.5 Å². The number of rotatable bonds is 0. The quantitative estimate of drug-likeness (QED) is 0.685. The Morgan fingerprint density at radius 2 is 2.29 bits per heavy atom. The summed E-state index contributed by atoms with van der Waals surface area (Å²) in [6, 6.07) is 0. The summed E-state index contributed by atoms with van der Waals surface area (Å²) in [7, 11) is 0. The molecule has 1 aliphatic rings. The predicted octanol–water partition coefficient (Wildman–Crippen LogP) is 1.84. The fourth-order valence-corrected chi connectivity index (χ4v) is 1.76. The second kappa shape index (κ2) is 2.77. The Labute approximate surface area is 82.9 Å². The smallest absolute Gasteiger partial charge is 0.224 e. The number of amides is 1. The van der Waals surface area contributed by atoms with Crippen LogP contribution in [0.3, 0.4) is 0 Å². The molecule has 0 aromatic carbocycles. The molecule has 2 rings (SSSR count). The molecule has 0 bridgehead atoms. The summed E-state index contributed by atoms with van der Waals surface area (Å²) in [5.41, 5.74) is 1.61. The fraction of sp³-hybridized carbons (Fsp3) is 0.500. The highest BCUT2D eigenvalue weighted by Crippen LogP contribution is 2.35. The average molecular weight is 194 g/mol. The van der Waals surface area contributed by atoms with Gasteiger partial charge in [-0.3, -0.25) is 4.79 Å². The molecule has 1 amide bonds. The van der Waals surface area contributed by atoms with Crippen LogP contribution in [0.1, 0.15) is 20.8 Å². The predicted molar refractivity (Wildman–Crippen MR) is 54.4 cm³/mol. The van der Waals surface area contributed by atoms with Gasteiger partial charge in [0.1, 0.15) is 18.2 Å². The van der Waals surface area contributed by atoms with Crippen LogP contribution in [0.5, 0.6) is 0 Å². The zero-order valence-corrected chi connectivity index (χ0v) is 8.63. The molecule has 0 aliphatic carbocycles. The van der Waals surface area contributed by atoms with E-state index in [1.807, 2.05) is 0 Å². The van der Waals surface area contributed by atoms with E-state index in [0.29, 0.717) is 6.54 Å². The molecule has 1 N–H and O–H groups in total. The molecule has 0 atom stereocenters. The monoisotopic (exact) mass is 194 g/mol. The van der Waals surface area contributed by atoms with E-state index in [4.69, 9.17) is 4.42 Å². The van der Waals surface area contributed by atoms with Crippen LogP contribution < -0.4 is 10.2 Å². The molecule has 0 fully saturated rings. The average Bonchev–Trinajstić information content (AvgIpc) is 2.47. The zero-order valence-electron chi connectivity index (χ0n) is 8.63. The van der Waals surface area contributed by atoms with Crippen LogP contribution in [0.2, 0.25) is 0 Å². The number of hydrogen-bond donors (Lipinski definition) is 1. The van der Waals surface area contributed by atoms with E-state index >= 15 is 0 Å². The molecule has 0 saturated carbocycles. The molecule has 4 heteroatoms. The summed E-state index contributed by atoms with van der Waals surface area (Å²) in [5.74, 6) is 0.0437. The van der Waals surface area contributed by atoms with Gasteiger partial charge in [0.25, 0.3) is 0 Å². The van der Waals surface area contributed by atoms with E-state index < -0.39 is 0 Å². The van der Waals surface area contributed by atoms with Crippen molar-refractivity contribution in [3.05, 3.63) is 12.5 Å². The summed E-state index contributed by atoms with van der Waals surface area (Å²) in [5, 5.41) is 3.31. The van der Waals surface area contributed by atoms with Crippen LogP contribution in [0, 0.1) is 0 Å². The van der Waals surface area contributed by atoms with Gasteiger partial charge in [-0.05, 0) is 13.8 Å². The summed E-state index contributed by atoms with van der Waals surface area (Å²) in [6.45, 7) is 6.34. The number of nitrogens with zero attached hydrogens (tertiary/aromatic N) is 1. The van der Waals surface area contributed by atoms with Crippen molar-refractivity contribution in [1.29, 1.82) is 0 Å². The molecule has 0 unspecified atom stereocenters. The number of nitrogens with one attached hydrogen (secondary N) is 1. The SMILES string of the molecule is CC(=O)N1CC(C)(C)Nc2cocc21. The maximum atomic E-state index is 11.4. The van der Waals surface area contributed by atoms with E-state index in [1.54, 1.807) is 24.3 Å². The molecule has 1 aromatic heterocycles. The lowest BCUT2D eigenvalue weighted by Crippen LogP contribution is -2.49. The van der Waals surface area contributed by atoms with Crippen LogP contribution in [0.25, 0.3) is 0 Å². The number of anilines is 2. The Hall–Kier alpha value is -1.45. The number of hydrogen-bond acceptors (Lipinski definition) is 3. The third-order valence-electron chi connectivity index (χ3n) is 2.34. The largest absolute Gasteiger partial charge is 0.468 e. The summed E-state index contributed by atoms with van der Waals surface area (Å²) >= 11 is 0. The Morgan fingerprint density at radius 1 is 1.57 bits per heavy atom. The van der Waals surface area contributed by atoms with E-state index in [2.05, 4.69) is 19.2 Å². The molecule has 2 heterocycles. The van der Waals surface area contributed by atoms with Gasteiger partial charge in [0.15, 0.2) is 0 Å². The third kappa shape index (κ3) is 1.36. The van der Waals surface area contributed by atoms with Crippen molar-refractivity contribution in [3.63, 3.8) is 0 Å². The number of carbonyl (C=O) groups is 1. The first kappa shape index (κ1) is 9.12. The number of carbonyl (C=O) groups excluding carboxylic acids is 1. The first-order valence-electron chi connectivity index (χ1n) is 4.62. The minimum atomic E-state index is -0.109. The molecule has 4 nitrogen and oxygen atoms in total. The van der Waals surface area contributed by atoms with Crippen LogP contribution >= 0.6 is 0 Å². The lowest BCUT2D eigenvalue weighted by Gasteiger charge is -2.38. The fourth-order valence-electron chi connectivity index (χ4n) is 1.76. The van der Waals surface area contributed by atoms with E-state index in [0.717, 1.165) is 11.4 Å². The highest BCUT2D eigenvalue weighted by Gasteiger charge is 2.32. The highest BCUT2D eigenvalue weighted by molar-refractivity contribution is 5.96. The van der Waals surface area contributed by atoms with Gasteiger partial charge in [-0.15, -0.1) is 0 Å². The zero-order chi connectivity index (χ0) is 10.3. The van der Waals surface area contributed by atoms with Crippen molar-refractivity contribution in [2.24, 2.45) is 0 Å².